The first-order chi connectivity index (χ1) is 12.6. The van der Waals surface area contributed by atoms with Crippen LogP contribution in [0.1, 0.15) is 12.0 Å². The van der Waals surface area contributed by atoms with Crippen molar-refractivity contribution in [3.8, 4) is 11.5 Å². The third-order valence-corrected chi connectivity index (χ3v) is 3.94. The van der Waals surface area contributed by atoms with Crippen LogP contribution in [0.25, 0.3) is 0 Å². The Balaban J connectivity index is 1.39. The molecule has 1 atom stereocenters. The van der Waals surface area contributed by atoms with Gasteiger partial charge in [-0.25, -0.2) is 0 Å². The summed E-state index contributed by atoms with van der Waals surface area (Å²) < 4.78 is 11.1. The van der Waals surface area contributed by atoms with E-state index in [0.29, 0.717) is 18.0 Å². The molecule has 0 radical (unpaired) electrons. The number of para-hydroxylation sites is 3. The summed E-state index contributed by atoms with van der Waals surface area (Å²) in [7, 11) is 0. The van der Waals surface area contributed by atoms with Crippen molar-refractivity contribution >= 4 is 17.5 Å². The lowest BCUT2D eigenvalue weighted by atomic mass is 10.2. The highest BCUT2D eigenvalue weighted by Crippen LogP contribution is 2.30. The van der Waals surface area contributed by atoms with Gasteiger partial charge in [-0.15, -0.1) is 0 Å². The SMILES string of the molecule is Cc1ccccc1NCCC(=O)NNC(=O)C1COc2ccccc2O1. The summed E-state index contributed by atoms with van der Waals surface area (Å²) in [6.07, 6.45) is -0.588. The predicted molar refractivity (Wildman–Crippen MR) is 96.9 cm³/mol. The molecular formula is C19H21N3O4. The molecule has 1 aliphatic heterocycles. The molecule has 1 unspecified atom stereocenters. The van der Waals surface area contributed by atoms with E-state index in [1.54, 1.807) is 18.2 Å². The number of benzene rings is 2. The van der Waals surface area contributed by atoms with E-state index in [1.165, 1.54) is 0 Å². The molecule has 2 aromatic rings. The topological polar surface area (TPSA) is 88.7 Å². The second-order valence-corrected chi connectivity index (χ2v) is 5.89. The van der Waals surface area contributed by atoms with Gasteiger partial charge in [-0.05, 0) is 30.7 Å². The second kappa shape index (κ2) is 8.24. The summed E-state index contributed by atoms with van der Waals surface area (Å²) in [5.41, 5.74) is 6.85. The Morgan fingerprint density at radius 2 is 1.77 bits per heavy atom. The Labute approximate surface area is 151 Å². The summed E-state index contributed by atoms with van der Waals surface area (Å²) in [5.74, 6) is 0.354. The van der Waals surface area contributed by atoms with Crippen LogP contribution in [0.2, 0.25) is 0 Å². The van der Waals surface area contributed by atoms with Crippen LogP contribution in [-0.2, 0) is 9.59 Å². The van der Waals surface area contributed by atoms with Gasteiger partial charge in [-0.1, -0.05) is 30.3 Å². The molecule has 2 aromatic carbocycles. The summed E-state index contributed by atoms with van der Waals surface area (Å²) in [6, 6.07) is 15.0. The number of rotatable bonds is 5. The van der Waals surface area contributed by atoms with Gasteiger partial charge in [-0.2, -0.15) is 0 Å². The van der Waals surface area contributed by atoms with Gasteiger partial charge in [-0.3, -0.25) is 20.4 Å². The number of hydrazine groups is 1. The van der Waals surface area contributed by atoms with Crippen LogP contribution in [0.15, 0.2) is 48.5 Å². The van der Waals surface area contributed by atoms with Crippen LogP contribution in [0, 0.1) is 6.92 Å². The average Bonchev–Trinajstić information content (AvgIpc) is 2.67. The zero-order valence-corrected chi connectivity index (χ0v) is 14.5. The van der Waals surface area contributed by atoms with Gasteiger partial charge in [0.25, 0.3) is 5.91 Å². The molecule has 7 nitrogen and oxygen atoms in total. The van der Waals surface area contributed by atoms with E-state index in [9.17, 15) is 9.59 Å². The highest BCUT2D eigenvalue weighted by atomic mass is 16.6. The molecule has 2 amide bonds. The number of nitrogens with one attached hydrogen (secondary N) is 3. The molecule has 7 heteroatoms. The Hall–Kier alpha value is -3.22. The van der Waals surface area contributed by atoms with Crippen molar-refractivity contribution in [2.24, 2.45) is 0 Å². The van der Waals surface area contributed by atoms with Gasteiger partial charge >= 0.3 is 0 Å². The number of amides is 2. The number of carbonyl (C=O) groups excluding carboxylic acids is 2. The van der Waals surface area contributed by atoms with Gasteiger partial charge in [0, 0.05) is 18.7 Å². The van der Waals surface area contributed by atoms with Crippen LogP contribution >= 0.6 is 0 Å². The molecule has 26 heavy (non-hydrogen) atoms. The molecule has 0 bridgehead atoms. The first-order valence-corrected chi connectivity index (χ1v) is 8.40. The van der Waals surface area contributed by atoms with Crippen LogP contribution in [0.5, 0.6) is 11.5 Å². The predicted octanol–water partition coefficient (Wildman–Crippen LogP) is 1.78. The van der Waals surface area contributed by atoms with E-state index >= 15 is 0 Å². The average molecular weight is 355 g/mol. The lowest BCUT2D eigenvalue weighted by molar-refractivity contribution is -0.135. The lowest BCUT2D eigenvalue weighted by Gasteiger charge is -2.25. The fourth-order valence-corrected chi connectivity index (χ4v) is 2.50. The molecule has 0 aromatic heterocycles. The number of ether oxygens (including phenoxy) is 2. The first-order valence-electron chi connectivity index (χ1n) is 8.40. The number of aryl methyl sites for hydroxylation is 1. The van der Waals surface area contributed by atoms with Crippen molar-refractivity contribution in [1.82, 2.24) is 10.9 Å². The molecule has 1 aliphatic rings. The Bertz CT molecular complexity index is 794. The van der Waals surface area contributed by atoms with E-state index in [2.05, 4.69) is 16.2 Å². The smallest absolute Gasteiger partial charge is 0.283 e. The van der Waals surface area contributed by atoms with Crippen LogP contribution in [0.3, 0.4) is 0 Å². The Morgan fingerprint density at radius 1 is 1.04 bits per heavy atom. The lowest BCUT2D eigenvalue weighted by Crippen LogP contribution is -2.51. The van der Waals surface area contributed by atoms with E-state index < -0.39 is 12.0 Å². The number of carbonyl (C=O) groups is 2. The molecular weight excluding hydrogens is 334 g/mol. The zero-order chi connectivity index (χ0) is 18.4. The third kappa shape index (κ3) is 4.44. The van der Waals surface area contributed by atoms with Crippen molar-refractivity contribution < 1.29 is 19.1 Å². The summed E-state index contributed by atoms with van der Waals surface area (Å²) in [5, 5.41) is 3.19. The maximum Gasteiger partial charge on any atom is 0.283 e. The quantitative estimate of drug-likeness (QED) is 0.712. The zero-order valence-electron chi connectivity index (χ0n) is 14.5. The number of fused-ring (bicyclic) bond motifs is 1. The molecule has 0 fully saturated rings. The normalized spacial score (nSPS) is 15.0. The molecule has 136 valence electrons. The summed E-state index contributed by atoms with van der Waals surface area (Å²) in [4.78, 5) is 24.0. The van der Waals surface area contributed by atoms with E-state index in [1.807, 2.05) is 37.3 Å². The second-order valence-electron chi connectivity index (χ2n) is 5.89. The third-order valence-electron chi connectivity index (χ3n) is 3.94. The molecule has 1 heterocycles. The molecule has 3 rings (SSSR count). The minimum Gasteiger partial charge on any atom is -0.485 e. The molecule has 0 saturated carbocycles. The minimum atomic E-state index is -0.810. The summed E-state index contributed by atoms with van der Waals surface area (Å²) >= 11 is 0. The van der Waals surface area contributed by atoms with E-state index in [-0.39, 0.29) is 18.9 Å². The number of hydrogen-bond acceptors (Lipinski definition) is 5. The van der Waals surface area contributed by atoms with E-state index in [0.717, 1.165) is 11.3 Å². The van der Waals surface area contributed by atoms with Gasteiger partial charge in [0.15, 0.2) is 11.5 Å². The Morgan fingerprint density at radius 3 is 2.58 bits per heavy atom. The van der Waals surface area contributed by atoms with Crippen LogP contribution < -0.4 is 25.6 Å². The standard InChI is InChI=1S/C19H21N3O4/c1-13-6-2-3-7-14(13)20-11-10-18(23)21-22-19(24)17-12-25-15-8-4-5-9-16(15)26-17/h2-9,17,20H,10-12H2,1H3,(H,21,23)(H,22,24). The van der Waals surface area contributed by atoms with Crippen molar-refractivity contribution in [2.45, 2.75) is 19.4 Å². The highest BCUT2D eigenvalue weighted by Gasteiger charge is 2.27. The fourth-order valence-electron chi connectivity index (χ4n) is 2.50. The van der Waals surface area contributed by atoms with Crippen molar-refractivity contribution in [3.63, 3.8) is 0 Å². The number of anilines is 1. The first kappa shape index (κ1) is 17.6. The van der Waals surface area contributed by atoms with Crippen molar-refractivity contribution in [2.75, 3.05) is 18.5 Å². The Kier molecular flexibility index (Phi) is 5.58. The van der Waals surface area contributed by atoms with Gasteiger partial charge in [0.1, 0.15) is 6.61 Å². The van der Waals surface area contributed by atoms with E-state index in [4.69, 9.17) is 9.47 Å². The monoisotopic (exact) mass is 355 g/mol. The van der Waals surface area contributed by atoms with Gasteiger partial charge in [0.2, 0.25) is 12.0 Å². The maximum absolute atomic E-state index is 12.1. The minimum absolute atomic E-state index is 0.0908. The fraction of sp³-hybridized carbons (Fsp3) is 0.263. The largest absolute Gasteiger partial charge is 0.485 e. The molecule has 3 N–H and O–H groups in total. The van der Waals surface area contributed by atoms with Crippen molar-refractivity contribution in [3.05, 3.63) is 54.1 Å². The molecule has 0 spiro atoms. The highest BCUT2D eigenvalue weighted by molar-refractivity contribution is 5.85. The number of hydrogen-bond donors (Lipinski definition) is 3. The maximum atomic E-state index is 12.1. The van der Waals surface area contributed by atoms with Gasteiger partial charge < -0.3 is 14.8 Å². The van der Waals surface area contributed by atoms with Crippen molar-refractivity contribution in [1.29, 1.82) is 0 Å². The summed E-state index contributed by atoms with van der Waals surface area (Å²) in [6.45, 7) is 2.55. The van der Waals surface area contributed by atoms with Crippen LogP contribution in [-0.4, -0.2) is 31.1 Å². The van der Waals surface area contributed by atoms with Crippen LogP contribution in [0.4, 0.5) is 5.69 Å². The molecule has 0 saturated heterocycles. The molecule has 0 aliphatic carbocycles. The van der Waals surface area contributed by atoms with Gasteiger partial charge in [0.05, 0.1) is 0 Å².